The van der Waals surface area contributed by atoms with Crippen molar-refractivity contribution in [2.75, 3.05) is 0 Å². The summed E-state index contributed by atoms with van der Waals surface area (Å²) in [7, 11) is 0. The van der Waals surface area contributed by atoms with Crippen molar-refractivity contribution in [1.29, 1.82) is 5.26 Å². The summed E-state index contributed by atoms with van der Waals surface area (Å²) in [5.74, 6) is 0. The molecule has 1 aromatic rings. The van der Waals surface area contributed by atoms with Crippen molar-refractivity contribution in [3.05, 3.63) is 38.9 Å². The van der Waals surface area contributed by atoms with E-state index in [-0.39, 0.29) is 22.7 Å². The highest BCUT2D eigenvalue weighted by atomic mass is 35.5. The molecule has 0 aliphatic rings. The fourth-order valence-electron chi connectivity index (χ4n) is 1.28. The SMILES string of the molecule is N#CCC(O)C(O)c1ccc([N+](=O)[O-])cc1Cl. The molecule has 2 N–H and O–H groups in total. The number of hydrogen-bond donors (Lipinski definition) is 2. The molecule has 2 atom stereocenters. The Hall–Kier alpha value is -1.68. The molecular formula is C10H9ClN2O4. The number of hydrogen-bond acceptors (Lipinski definition) is 5. The number of benzene rings is 1. The summed E-state index contributed by atoms with van der Waals surface area (Å²) in [4.78, 5) is 9.85. The van der Waals surface area contributed by atoms with E-state index in [1.807, 2.05) is 0 Å². The second-order valence-corrected chi connectivity index (χ2v) is 3.74. The maximum atomic E-state index is 10.5. The van der Waals surface area contributed by atoms with Crippen LogP contribution in [0, 0.1) is 21.4 Å². The fourth-order valence-corrected chi connectivity index (χ4v) is 1.57. The van der Waals surface area contributed by atoms with Gasteiger partial charge in [0.1, 0.15) is 6.10 Å². The standard InChI is InChI=1S/C10H9ClN2O4/c11-8-5-6(13(16)17)1-2-7(8)10(15)9(14)3-4-12/h1-2,5,9-10,14-15H,3H2. The quantitative estimate of drug-likeness (QED) is 0.628. The van der Waals surface area contributed by atoms with Crippen molar-refractivity contribution in [2.24, 2.45) is 0 Å². The monoisotopic (exact) mass is 256 g/mol. The summed E-state index contributed by atoms with van der Waals surface area (Å²) in [5, 5.41) is 37.9. The Kier molecular flexibility index (Phi) is 4.40. The summed E-state index contributed by atoms with van der Waals surface area (Å²) < 4.78 is 0. The largest absolute Gasteiger partial charge is 0.389 e. The molecule has 0 bridgehead atoms. The Balaban J connectivity index is 3.00. The third kappa shape index (κ3) is 3.14. The molecule has 0 fully saturated rings. The van der Waals surface area contributed by atoms with Gasteiger partial charge in [0.25, 0.3) is 5.69 Å². The van der Waals surface area contributed by atoms with Crippen LogP contribution in [0.15, 0.2) is 18.2 Å². The summed E-state index contributed by atoms with van der Waals surface area (Å²) >= 11 is 5.75. The van der Waals surface area contributed by atoms with E-state index in [2.05, 4.69) is 0 Å². The number of nitro groups is 1. The number of rotatable bonds is 4. The average molecular weight is 257 g/mol. The Bertz CT molecular complexity index is 472. The second kappa shape index (κ2) is 5.59. The van der Waals surface area contributed by atoms with Gasteiger partial charge in [-0.05, 0) is 6.07 Å². The van der Waals surface area contributed by atoms with Gasteiger partial charge in [-0.2, -0.15) is 5.26 Å². The number of nitro benzene ring substituents is 1. The molecule has 0 aliphatic heterocycles. The Morgan fingerprint density at radius 2 is 2.18 bits per heavy atom. The van der Waals surface area contributed by atoms with Crippen molar-refractivity contribution in [1.82, 2.24) is 0 Å². The zero-order chi connectivity index (χ0) is 13.0. The van der Waals surface area contributed by atoms with E-state index in [0.717, 1.165) is 6.07 Å². The van der Waals surface area contributed by atoms with Gasteiger partial charge < -0.3 is 10.2 Å². The molecule has 0 saturated heterocycles. The second-order valence-electron chi connectivity index (χ2n) is 3.34. The third-order valence-electron chi connectivity index (χ3n) is 2.18. The molecule has 0 saturated carbocycles. The van der Waals surface area contributed by atoms with Crippen molar-refractivity contribution in [3.63, 3.8) is 0 Å². The van der Waals surface area contributed by atoms with Gasteiger partial charge in [0.2, 0.25) is 0 Å². The zero-order valence-electron chi connectivity index (χ0n) is 8.58. The van der Waals surface area contributed by atoms with Gasteiger partial charge in [0.15, 0.2) is 0 Å². The minimum atomic E-state index is -1.34. The predicted molar refractivity (Wildman–Crippen MR) is 59.3 cm³/mol. The van der Waals surface area contributed by atoms with E-state index >= 15 is 0 Å². The van der Waals surface area contributed by atoms with Crippen molar-refractivity contribution < 1.29 is 15.1 Å². The number of halogens is 1. The minimum absolute atomic E-state index is 0.0244. The van der Waals surface area contributed by atoms with E-state index in [0.29, 0.717) is 0 Å². The Morgan fingerprint density at radius 1 is 1.53 bits per heavy atom. The number of nitriles is 1. The van der Waals surface area contributed by atoms with Gasteiger partial charge in [-0.1, -0.05) is 11.6 Å². The van der Waals surface area contributed by atoms with Gasteiger partial charge in [0, 0.05) is 17.7 Å². The highest BCUT2D eigenvalue weighted by molar-refractivity contribution is 6.31. The molecule has 6 nitrogen and oxygen atoms in total. The molecule has 0 heterocycles. The highest BCUT2D eigenvalue weighted by Gasteiger charge is 2.22. The van der Waals surface area contributed by atoms with Crippen LogP contribution in [0.4, 0.5) is 5.69 Å². The van der Waals surface area contributed by atoms with Crippen LogP contribution in [-0.4, -0.2) is 21.2 Å². The number of aliphatic hydroxyl groups excluding tert-OH is 2. The lowest BCUT2D eigenvalue weighted by Gasteiger charge is -2.16. The van der Waals surface area contributed by atoms with Gasteiger partial charge in [-0.25, -0.2) is 0 Å². The lowest BCUT2D eigenvalue weighted by Crippen LogP contribution is -2.17. The smallest absolute Gasteiger partial charge is 0.270 e. The Labute approximate surface area is 102 Å². The highest BCUT2D eigenvalue weighted by Crippen LogP contribution is 2.29. The number of aliphatic hydroxyl groups is 2. The lowest BCUT2D eigenvalue weighted by molar-refractivity contribution is -0.384. The van der Waals surface area contributed by atoms with Crippen molar-refractivity contribution >= 4 is 17.3 Å². The average Bonchev–Trinajstić information content (AvgIpc) is 2.28. The van der Waals surface area contributed by atoms with E-state index < -0.39 is 17.1 Å². The maximum Gasteiger partial charge on any atom is 0.270 e. The number of non-ortho nitro benzene ring substituents is 1. The van der Waals surface area contributed by atoms with Gasteiger partial charge in [-0.15, -0.1) is 0 Å². The van der Waals surface area contributed by atoms with Gasteiger partial charge in [0.05, 0.1) is 28.5 Å². The number of nitrogens with zero attached hydrogens (tertiary/aromatic N) is 2. The van der Waals surface area contributed by atoms with E-state index in [1.165, 1.54) is 12.1 Å². The van der Waals surface area contributed by atoms with Crippen LogP contribution in [0.1, 0.15) is 18.1 Å². The minimum Gasteiger partial charge on any atom is -0.389 e. The summed E-state index contributed by atoms with van der Waals surface area (Å²) in [6.45, 7) is 0. The molecule has 17 heavy (non-hydrogen) atoms. The van der Waals surface area contributed by atoms with Crippen LogP contribution < -0.4 is 0 Å². The van der Waals surface area contributed by atoms with E-state index in [9.17, 15) is 20.3 Å². The molecule has 0 spiro atoms. The lowest BCUT2D eigenvalue weighted by atomic mass is 10.0. The molecule has 90 valence electrons. The topological polar surface area (TPSA) is 107 Å². The van der Waals surface area contributed by atoms with Crippen LogP contribution in [0.5, 0.6) is 0 Å². The molecule has 1 aromatic carbocycles. The zero-order valence-corrected chi connectivity index (χ0v) is 9.33. The normalized spacial score (nSPS) is 13.8. The maximum absolute atomic E-state index is 10.5. The molecule has 2 unspecified atom stereocenters. The first kappa shape index (κ1) is 13.4. The Morgan fingerprint density at radius 3 is 2.65 bits per heavy atom. The van der Waals surface area contributed by atoms with Crippen molar-refractivity contribution in [3.8, 4) is 6.07 Å². The van der Waals surface area contributed by atoms with Crippen LogP contribution in [0.3, 0.4) is 0 Å². The summed E-state index contributed by atoms with van der Waals surface area (Å²) in [6.07, 6.45) is -2.88. The molecule has 0 amide bonds. The van der Waals surface area contributed by atoms with Gasteiger partial charge in [-0.3, -0.25) is 10.1 Å². The molecule has 7 heteroatoms. The molecule has 1 rings (SSSR count). The van der Waals surface area contributed by atoms with Crippen molar-refractivity contribution in [2.45, 2.75) is 18.6 Å². The van der Waals surface area contributed by atoms with E-state index in [1.54, 1.807) is 6.07 Å². The molecule has 0 aromatic heterocycles. The van der Waals surface area contributed by atoms with Crippen LogP contribution in [0.25, 0.3) is 0 Å². The van der Waals surface area contributed by atoms with Crippen LogP contribution >= 0.6 is 11.6 Å². The van der Waals surface area contributed by atoms with Crippen LogP contribution in [0.2, 0.25) is 5.02 Å². The first-order valence-corrected chi connectivity index (χ1v) is 5.02. The molecular weight excluding hydrogens is 248 g/mol. The summed E-state index contributed by atoms with van der Waals surface area (Å²) in [5.41, 5.74) is -0.0549. The first-order chi connectivity index (χ1) is 7.97. The molecule has 0 radical (unpaired) electrons. The predicted octanol–water partition coefficient (Wildman–Crippen LogP) is 1.56. The summed E-state index contributed by atoms with van der Waals surface area (Å²) in [6, 6.07) is 5.21. The fraction of sp³-hybridized carbons (Fsp3) is 0.300. The third-order valence-corrected chi connectivity index (χ3v) is 2.51. The van der Waals surface area contributed by atoms with Gasteiger partial charge >= 0.3 is 0 Å². The van der Waals surface area contributed by atoms with Crippen LogP contribution in [-0.2, 0) is 0 Å². The van der Waals surface area contributed by atoms with E-state index in [4.69, 9.17) is 16.9 Å². The molecule has 0 aliphatic carbocycles. The first-order valence-electron chi connectivity index (χ1n) is 4.64.